The minimum Gasteiger partial charge on any atom is -0.264 e. The minimum absolute atomic E-state index is 0.970. The van der Waals surface area contributed by atoms with Crippen LogP contribution in [-0.4, -0.2) is 9.97 Å². The summed E-state index contributed by atoms with van der Waals surface area (Å²) in [5.74, 6) is 0. The lowest BCUT2D eigenvalue weighted by Gasteiger charge is -2.15. The summed E-state index contributed by atoms with van der Waals surface area (Å²) in [6, 6.07) is 56.5. The summed E-state index contributed by atoms with van der Waals surface area (Å²) in [7, 11) is 0. The smallest absolute Gasteiger partial charge is 0.0722 e. The molecule has 0 aliphatic carbocycles. The van der Waals surface area contributed by atoms with Crippen molar-refractivity contribution in [2.24, 2.45) is 0 Å². The molecule has 9 rings (SSSR count). The van der Waals surface area contributed by atoms with Gasteiger partial charge in [-0.3, -0.25) is 4.98 Å². The zero-order chi connectivity index (χ0) is 30.5. The van der Waals surface area contributed by atoms with E-state index in [1.165, 1.54) is 65.7 Å². The van der Waals surface area contributed by atoms with Gasteiger partial charge in [0, 0.05) is 28.7 Å². The second-order valence-electron chi connectivity index (χ2n) is 11.8. The number of hydrogen-bond donors (Lipinski definition) is 0. The lowest BCUT2D eigenvalue weighted by molar-refractivity contribution is 1.36. The van der Waals surface area contributed by atoms with E-state index < -0.39 is 0 Å². The Bertz CT molecular complexity index is 2560. The molecule has 214 valence electrons. The zero-order valence-electron chi connectivity index (χ0n) is 25.1. The molecule has 0 unspecified atom stereocenters. The van der Waals surface area contributed by atoms with E-state index in [0.717, 1.165) is 22.2 Å². The van der Waals surface area contributed by atoms with Crippen LogP contribution in [0.2, 0.25) is 0 Å². The summed E-state index contributed by atoms with van der Waals surface area (Å²) in [6.45, 7) is 0. The Morgan fingerprint density at radius 3 is 1.85 bits per heavy atom. The summed E-state index contributed by atoms with van der Waals surface area (Å²) in [6.07, 6.45) is 3.83. The van der Waals surface area contributed by atoms with E-state index in [9.17, 15) is 0 Å². The highest BCUT2D eigenvalue weighted by Crippen LogP contribution is 2.40. The lowest BCUT2D eigenvalue weighted by Crippen LogP contribution is -1.92. The van der Waals surface area contributed by atoms with Crippen LogP contribution in [0.15, 0.2) is 170 Å². The Balaban J connectivity index is 1.17. The van der Waals surface area contributed by atoms with Crippen LogP contribution in [0.5, 0.6) is 0 Å². The zero-order valence-corrected chi connectivity index (χ0v) is 25.1. The SMILES string of the molecule is c1ccc(-c2cc(-c3ccc(-c4ccc(-c5cccc6ccncc56)c5ccccc45)cc3)nc3ccc4ccccc4c23)cc1. The number of rotatable bonds is 4. The molecule has 2 heteroatoms. The molecule has 46 heavy (non-hydrogen) atoms. The van der Waals surface area contributed by atoms with E-state index in [0.29, 0.717) is 0 Å². The van der Waals surface area contributed by atoms with Crippen molar-refractivity contribution in [1.82, 2.24) is 9.97 Å². The fourth-order valence-corrected chi connectivity index (χ4v) is 6.95. The van der Waals surface area contributed by atoms with E-state index in [4.69, 9.17) is 4.98 Å². The first-order valence-corrected chi connectivity index (χ1v) is 15.7. The molecule has 0 radical (unpaired) electrons. The van der Waals surface area contributed by atoms with Crippen LogP contribution in [-0.2, 0) is 0 Å². The average Bonchev–Trinajstić information content (AvgIpc) is 3.14. The van der Waals surface area contributed by atoms with Gasteiger partial charge in [0.05, 0.1) is 11.2 Å². The van der Waals surface area contributed by atoms with Crippen molar-refractivity contribution in [3.05, 3.63) is 170 Å². The molecule has 0 amide bonds. The summed E-state index contributed by atoms with van der Waals surface area (Å²) < 4.78 is 0. The Morgan fingerprint density at radius 2 is 1.00 bits per heavy atom. The van der Waals surface area contributed by atoms with Crippen LogP contribution in [0.1, 0.15) is 0 Å². The molecule has 0 aliphatic heterocycles. The number of fused-ring (bicyclic) bond motifs is 5. The summed E-state index contributed by atoms with van der Waals surface area (Å²) >= 11 is 0. The molecule has 0 spiro atoms. The molecule has 7 aromatic carbocycles. The Labute approximate surface area is 267 Å². The van der Waals surface area contributed by atoms with E-state index >= 15 is 0 Å². The van der Waals surface area contributed by atoms with Gasteiger partial charge in [0.15, 0.2) is 0 Å². The van der Waals surface area contributed by atoms with Crippen molar-refractivity contribution in [3.8, 4) is 44.6 Å². The molecule has 2 heterocycles. The van der Waals surface area contributed by atoms with Crippen molar-refractivity contribution in [1.29, 1.82) is 0 Å². The number of nitrogens with zero attached hydrogens (tertiary/aromatic N) is 2. The maximum atomic E-state index is 5.20. The highest BCUT2D eigenvalue weighted by atomic mass is 14.7. The van der Waals surface area contributed by atoms with Gasteiger partial charge in [0.25, 0.3) is 0 Å². The summed E-state index contributed by atoms with van der Waals surface area (Å²) in [4.78, 5) is 9.62. The van der Waals surface area contributed by atoms with Crippen LogP contribution < -0.4 is 0 Å². The number of aromatic nitrogens is 2. The van der Waals surface area contributed by atoms with Crippen molar-refractivity contribution in [3.63, 3.8) is 0 Å². The molecular weight excluding hydrogens is 556 g/mol. The fraction of sp³-hybridized carbons (Fsp3) is 0. The predicted molar refractivity (Wildman–Crippen MR) is 194 cm³/mol. The number of hydrogen-bond acceptors (Lipinski definition) is 2. The molecule has 0 saturated carbocycles. The molecule has 0 aliphatic rings. The average molecular weight is 585 g/mol. The summed E-state index contributed by atoms with van der Waals surface area (Å²) in [5.41, 5.74) is 10.3. The Morgan fingerprint density at radius 1 is 0.370 bits per heavy atom. The van der Waals surface area contributed by atoms with Gasteiger partial charge >= 0.3 is 0 Å². The molecule has 0 fully saturated rings. The van der Waals surface area contributed by atoms with Gasteiger partial charge in [0.1, 0.15) is 0 Å². The third-order valence-corrected chi connectivity index (χ3v) is 9.17. The molecule has 0 saturated heterocycles. The molecular formula is C44H28N2. The van der Waals surface area contributed by atoms with E-state index in [1.807, 2.05) is 12.4 Å². The van der Waals surface area contributed by atoms with Gasteiger partial charge in [-0.2, -0.15) is 0 Å². The van der Waals surface area contributed by atoms with Gasteiger partial charge < -0.3 is 0 Å². The molecule has 0 atom stereocenters. The standard InChI is InChI=1S/C44H28N2/c1-2-9-29(10-3-1)40-27-43(46-42-24-21-30-11-4-5-13-35(30)44(40)42)33-19-17-32(18-20-33)34-22-23-39(37-15-7-6-14-36(34)37)38-16-8-12-31-25-26-45-28-41(31)38/h1-28H. The van der Waals surface area contributed by atoms with Crippen LogP contribution in [0.4, 0.5) is 0 Å². The van der Waals surface area contributed by atoms with Crippen molar-refractivity contribution < 1.29 is 0 Å². The van der Waals surface area contributed by atoms with Crippen molar-refractivity contribution in [2.45, 2.75) is 0 Å². The monoisotopic (exact) mass is 584 g/mol. The maximum Gasteiger partial charge on any atom is 0.0722 e. The van der Waals surface area contributed by atoms with Crippen LogP contribution in [0, 0.1) is 0 Å². The highest BCUT2D eigenvalue weighted by Gasteiger charge is 2.15. The predicted octanol–water partition coefficient (Wildman–Crippen LogP) is 11.8. The van der Waals surface area contributed by atoms with E-state index in [1.54, 1.807) is 0 Å². The molecule has 2 aromatic heterocycles. The summed E-state index contributed by atoms with van der Waals surface area (Å²) in [5, 5.41) is 8.47. The Hall–Kier alpha value is -6.12. The third kappa shape index (κ3) is 4.35. The maximum absolute atomic E-state index is 5.20. The third-order valence-electron chi connectivity index (χ3n) is 9.17. The lowest BCUT2D eigenvalue weighted by atomic mass is 9.90. The minimum atomic E-state index is 0.970. The largest absolute Gasteiger partial charge is 0.264 e. The first-order valence-electron chi connectivity index (χ1n) is 15.7. The number of pyridine rings is 2. The highest BCUT2D eigenvalue weighted by molar-refractivity contribution is 6.14. The van der Waals surface area contributed by atoms with Gasteiger partial charge in [-0.15, -0.1) is 0 Å². The van der Waals surface area contributed by atoms with Crippen LogP contribution >= 0.6 is 0 Å². The molecule has 2 nitrogen and oxygen atoms in total. The second-order valence-corrected chi connectivity index (χ2v) is 11.8. The van der Waals surface area contributed by atoms with Crippen molar-refractivity contribution >= 4 is 43.2 Å². The van der Waals surface area contributed by atoms with Gasteiger partial charge in [-0.05, 0) is 78.5 Å². The van der Waals surface area contributed by atoms with Crippen LogP contribution in [0.3, 0.4) is 0 Å². The van der Waals surface area contributed by atoms with E-state index in [2.05, 4.69) is 163 Å². The molecule has 0 bridgehead atoms. The van der Waals surface area contributed by atoms with Crippen molar-refractivity contribution in [2.75, 3.05) is 0 Å². The molecule has 9 aromatic rings. The second kappa shape index (κ2) is 10.8. The quantitative estimate of drug-likeness (QED) is 0.192. The van der Waals surface area contributed by atoms with E-state index in [-0.39, 0.29) is 0 Å². The van der Waals surface area contributed by atoms with Gasteiger partial charge in [-0.25, -0.2) is 4.98 Å². The van der Waals surface area contributed by atoms with Crippen LogP contribution in [0.25, 0.3) is 87.9 Å². The first-order chi connectivity index (χ1) is 22.8. The van der Waals surface area contributed by atoms with Gasteiger partial charge in [0.2, 0.25) is 0 Å². The normalized spacial score (nSPS) is 11.5. The number of benzene rings is 7. The molecule has 0 N–H and O–H groups in total. The topological polar surface area (TPSA) is 25.8 Å². The van der Waals surface area contributed by atoms with Gasteiger partial charge in [-0.1, -0.05) is 140 Å². The first kappa shape index (κ1) is 26.3. The Kier molecular flexibility index (Phi) is 6.17. The fourth-order valence-electron chi connectivity index (χ4n) is 6.95.